The molecular weight excluding hydrogens is 384 g/mol. The molecule has 2 heterocycles. The molecule has 3 rings (SSSR count). The maximum absolute atomic E-state index is 12.3. The van der Waals surface area contributed by atoms with E-state index in [4.69, 9.17) is 9.72 Å². The Labute approximate surface area is 177 Å². The minimum Gasteiger partial charge on any atom is -0.479 e. The van der Waals surface area contributed by atoms with E-state index in [1.54, 1.807) is 11.9 Å². The van der Waals surface area contributed by atoms with Crippen molar-refractivity contribution in [3.05, 3.63) is 52.3 Å². The zero-order valence-electron chi connectivity index (χ0n) is 18.1. The highest BCUT2D eigenvalue weighted by Crippen LogP contribution is 2.40. The summed E-state index contributed by atoms with van der Waals surface area (Å²) in [4.78, 5) is 17.1. The Hall–Kier alpha value is -1.89. The van der Waals surface area contributed by atoms with Crippen LogP contribution in [0.4, 0.5) is 0 Å². The van der Waals surface area contributed by atoms with E-state index >= 15 is 0 Å². The minimum atomic E-state index is -1.08. The van der Waals surface area contributed by atoms with E-state index in [0.29, 0.717) is 5.56 Å². The third-order valence-corrected chi connectivity index (χ3v) is 5.93. The van der Waals surface area contributed by atoms with Gasteiger partial charge in [-0.15, -0.1) is 0 Å². The Bertz CT molecular complexity index is 904. The molecule has 156 valence electrons. The molecule has 2 aromatic rings. The zero-order valence-corrected chi connectivity index (χ0v) is 18.9. The Balaban J connectivity index is 2.29. The van der Waals surface area contributed by atoms with Crippen LogP contribution in [0.15, 0.2) is 24.3 Å². The Morgan fingerprint density at radius 1 is 1.24 bits per heavy atom. The second-order valence-corrected chi connectivity index (χ2v) is 9.40. The lowest BCUT2D eigenvalue weighted by Gasteiger charge is -2.32. The molecule has 0 saturated carbocycles. The smallest absolute Gasteiger partial charge is 0.337 e. The molecule has 1 unspecified atom stereocenters. The first-order valence-corrected chi connectivity index (χ1v) is 11.1. The third-order valence-electron chi connectivity index (χ3n) is 5.10. The van der Waals surface area contributed by atoms with Crippen LogP contribution in [0.5, 0.6) is 0 Å². The van der Waals surface area contributed by atoms with E-state index in [-0.39, 0.29) is 0 Å². The number of nitrogens with zero attached hydrogens (tertiary/aromatic N) is 2. The number of hydrogen-bond donors (Lipinski definition) is 1. The normalized spacial score (nSPS) is 15.8. The molecule has 0 spiro atoms. The van der Waals surface area contributed by atoms with Crippen LogP contribution in [0.25, 0.3) is 11.1 Å². The van der Waals surface area contributed by atoms with Crippen LogP contribution in [-0.4, -0.2) is 38.8 Å². The first-order chi connectivity index (χ1) is 13.6. The van der Waals surface area contributed by atoms with Crippen LogP contribution in [0, 0.1) is 13.8 Å². The summed E-state index contributed by atoms with van der Waals surface area (Å²) in [6.07, 6.45) is 1.85. The molecule has 1 atom stereocenters. The zero-order chi connectivity index (χ0) is 21.3. The highest BCUT2D eigenvalue weighted by atomic mass is 32.2. The fourth-order valence-electron chi connectivity index (χ4n) is 3.79. The molecule has 0 aliphatic carbocycles. The number of fused-ring (bicyclic) bond motifs is 1. The SMILES string of the molecule is CSN1CCc2nc(C)c(C(OC(C)(C)C)C(=O)O)c(-c3ccc(C)cc3)c2C1. The number of ether oxygens (including phenoxy) is 1. The topological polar surface area (TPSA) is 62.7 Å². The van der Waals surface area contributed by atoms with E-state index in [1.165, 1.54) is 5.56 Å². The molecule has 1 aromatic heterocycles. The fourth-order valence-corrected chi connectivity index (χ4v) is 4.33. The molecule has 1 aliphatic rings. The van der Waals surface area contributed by atoms with E-state index in [1.807, 2.05) is 27.7 Å². The maximum atomic E-state index is 12.3. The summed E-state index contributed by atoms with van der Waals surface area (Å²) >= 11 is 1.71. The van der Waals surface area contributed by atoms with Gasteiger partial charge in [0.2, 0.25) is 0 Å². The van der Waals surface area contributed by atoms with Crippen molar-refractivity contribution in [2.45, 2.75) is 59.3 Å². The average molecular weight is 415 g/mol. The molecule has 1 aliphatic heterocycles. The number of aryl methyl sites for hydroxylation is 2. The predicted molar refractivity (Wildman–Crippen MR) is 118 cm³/mol. The van der Waals surface area contributed by atoms with Crippen molar-refractivity contribution in [3.63, 3.8) is 0 Å². The van der Waals surface area contributed by atoms with Crippen molar-refractivity contribution in [1.29, 1.82) is 0 Å². The number of aromatic nitrogens is 1. The molecule has 0 saturated heterocycles. The summed E-state index contributed by atoms with van der Waals surface area (Å²) in [7, 11) is 0. The summed E-state index contributed by atoms with van der Waals surface area (Å²) in [5.74, 6) is -0.990. The lowest BCUT2D eigenvalue weighted by molar-refractivity contribution is -0.160. The van der Waals surface area contributed by atoms with E-state index in [2.05, 4.69) is 41.8 Å². The number of carboxylic acid groups (broad SMARTS) is 1. The van der Waals surface area contributed by atoms with Gasteiger partial charge in [-0.1, -0.05) is 41.8 Å². The van der Waals surface area contributed by atoms with Crippen molar-refractivity contribution in [2.75, 3.05) is 12.8 Å². The number of pyridine rings is 1. The highest BCUT2D eigenvalue weighted by Gasteiger charge is 2.34. The molecule has 6 heteroatoms. The lowest BCUT2D eigenvalue weighted by Crippen LogP contribution is -2.31. The molecule has 29 heavy (non-hydrogen) atoms. The van der Waals surface area contributed by atoms with Gasteiger partial charge in [0.1, 0.15) is 0 Å². The average Bonchev–Trinajstić information content (AvgIpc) is 2.65. The van der Waals surface area contributed by atoms with Crippen LogP contribution >= 0.6 is 11.9 Å². The lowest BCUT2D eigenvalue weighted by atomic mass is 9.87. The van der Waals surface area contributed by atoms with Crippen molar-refractivity contribution in [1.82, 2.24) is 9.29 Å². The number of benzene rings is 1. The molecule has 1 N–H and O–H groups in total. The number of hydrogen-bond acceptors (Lipinski definition) is 5. The molecule has 0 amide bonds. The standard InChI is InChI=1S/C23H30N2O3S/c1-14-7-9-16(10-8-14)20-17-13-25(29-6)12-11-18(17)24-15(2)19(20)21(22(26)27)28-23(3,4)5/h7-10,21H,11-13H2,1-6H3,(H,26,27). The second-order valence-electron chi connectivity index (χ2n) is 8.52. The quantitative estimate of drug-likeness (QED) is 0.699. The van der Waals surface area contributed by atoms with Crippen molar-refractivity contribution in [2.24, 2.45) is 0 Å². The van der Waals surface area contributed by atoms with Crippen LogP contribution in [0.3, 0.4) is 0 Å². The Kier molecular flexibility index (Phi) is 6.36. The van der Waals surface area contributed by atoms with E-state index in [0.717, 1.165) is 47.6 Å². The van der Waals surface area contributed by atoms with Gasteiger partial charge in [-0.2, -0.15) is 0 Å². The molecular formula is C23H30N2O3S. The van der Waals surface area contributed by atoms with Crippen molar-refractivity contribution >= 4 is 17.9 Å². The maximum Gasteiger partial charge on any atom is 0.337 e. The minimum absolute atomic E-state index is 0.596. The van der Waals surface area contributed by atoms with Crippen molar-refractivity contribution < 1.29 is 14.6 Å². The Morgan fingerprint density at radius 3 is 2.45 bits per heavy atom. The monoisotopic (exact) mass is 414 g/mol. The van der Waals surface area contributed by atoms with Gasteiger partial charge in [0, 0.05) is 36.5 Å². The van der Waals surface area contributed by atoms with Gasteiger partial charge in [0.25, 0.3) is 0 Å². The summed E-state index contributed by atoms with van der Waals surface area (Å²) in [5.41, 5.74) is 6.11. The third kappa shape index (κ3) is 4.82. The second kappa shape index (κ2) is 8.46. The molecule has 0 bridgehead atoms. The van der Waals surface area contributed by atoms with Crippen LogP contribution in [-0.2, 0) is 22.5 Å². The molecule has 5 nitrogen and oxygen atoms in total. The van der Waals surface area contributed by atoms with Crippen LogP contribution in [0.1, 0.15) is 55.0 Å². The van der Waals surface area contributed by atoms with Crippen LogP contribution in [0.2, 0.25) is 0 Å². The van der Waals surface area contributed by atoms with E-state index in [9.17, 15) is 9.90 Å². The number of carbonyl (C=O) groups is 1. The first kappa shape index (κ1) is 21.8. The van der Waals surface area contributed by atoms with Gasteiger partial charge < -0.3 is 9.84 Å². The van der Waals surface area contributed by atoms with Gasteiger partial charge in [-0.3, -0.25) is 4.98 Å². The molecule has 0 fully saturated rings. The van der Waals surface area contributed by atoms with Crippen molar-refractivity contribution in [3.8, 4) is 11.1 Å². The summed E-state index contributed by atoms with van der Waals surface area (Å²) in [6, 6.07) is 8.28. The van der Waals surface area contributed by atoms with Crippen LogP contribution < -0.4 is 0 Å². The molecule has 1 aromatic carbocycles. The van der Waals surface area contributed by atoms with Gasteiger partial charge in [0.05, 0.1) is 5.60 Å². The van der Waals surface area contributed by atoms with Gasteiger partial charge in [0.15, 0.2) is 6.10 Å². The predicted octanol–water partition coefficient (Wildman–Crippen LogP) is 4.94. The summed E-state index contributed by atoms with van der Waals surface area (Å²) in [6.45, 7) is 11.3. The first-order valence-electron chi connectivity index (χ1n) is 9.89. The number of aliphatic carboxylic acids is 1. The van der Waals surface area contributed by atoms with Gasteiger partial charge in [-0.05, 0) is 57.6 Å². The number of rotatable bonds is 5. The summed E-state index contributed by atoms with van der Waals surface area (Å²) in [5, 5.41) is 10.1. The van der Waals surface area contributed by atoms with E-state index < -0.39 is 17.7 Å². The van der Waals surface area contributed by atoms with Gasteiger partial charge in [-0.25, -0.2) is 9.10 Å². The van der Waals surface area contributed by atoms with Gasteiger partial charge >= 0.3 is 5.97 Å². The summed E-state index contributed by atoms with van der Waals surface area (Å²) < 4.78 is 8.33. The number of carboxylic acids is 1. The molecule has 0 radical (unpaired) electrons. The Morgan fingerprint density at radius 2 is 1.90 bits per heavy atom. The fraction of sp³-hybridized carbons (Fsp3) is 0.478. The highest BCUT2D eigenvalue weighted by molar-refractivity contribution is 7.96. The largest absolute Gasteiger partial charge is 0.479 e.